The van der Waals surface area contributed by atoms with Gasteiger partial charge in [0.1, 0.15) is 0 Å². The van der Waals surface area contributed by atoms with Gasteiger partial charge in [-0.1, -0.05) is 0 Å². The number of rotatable bonds is 1. The molecule has 16 heavy (non-hydrogen) atoms. The Hall–Kier alpha value is -1.81. The van der Waals surface area contributed by atoms with Crippen molar-refractivity contribution in [2.24, 2.45) is 0 Å². The molecule has 0 saturated carbocycles. The van der Waals surface area contributed by atoms with E-state index < -0.39 is 0 Å². The molecular formula is C11H7ClN2O2. The molecule has 0 aliphatic carbocycles. The van der Waals surface area contributed by atoms with E-state index in [4.69, 9.17) is 21.1 Å². The van der Waals surface area contributed by atoms with Gasteiger partial charge in [0.2, 0.25) is 12.1 Å². The molecule has 2 aromatic rings. The molecule has 0 N–H and O–H groups in total. The summed E-state index contributed by atoms with van der Waals surface area (Å²) in [6.45, 7) is 0.267. The first-order valence-corrected chi connectivity index (χ1v) is 5.09. The van der Waals surface area contributed by atoms with Crippen LogP contribution in [0.4, 0.5) is 0 Å². The lowest BCUT2D eigenvalue weighted by molar-refractivity contribution is 0.174. The van der Waals surface area contributed by atoms with Gasteiger partial charge in [-0.15, -0.1) is 0 Å². The van der Waals surface area contributed by atoms with Crippen LogP contribution in [0.15, 0.2) is 30.5 Å². The first kappa shape index (κ1) is 9.42. The Labute approximate surface area is 96.8 Å². The SMILES string of the molecule is Clc1nccc(-c2ccc3c(c2)OCO3)n1. The van der Waals surface area contributed by atoms with E-state index in [0.717, 1.165) is 22.8 Å². The van der Waals surface area contributed by atoms with Crippen LogP contribution in [0.2, 0.25) is 5.28 Å². The third kappa shape index (κ3) is 1.57. The lowest BCUT2D eigenvalue weighted by atomic mass is 10.1. The lowest BCUT2D eigenvalue weighted by Crippen LogP contribution is -1.92. The van der Waals surface area contributed by atoms with Crippen molar-refractivity contribution in [1.29, 1.82) is 0 Å². The van der Waals surface area contributed by atoms with Crippen LogP contribution in [0.1, 0.15) is 0 Å². The molecule has 0 atom stereocenters. The summed E-state index contributed by atoms with van der Waals surface area (Å²) in [5.41, 5.74) is 1.69. The molecule has 1 aliphatic rings. The predicted octanol–water partition coefficient (Wildman–Crippen LogP) is 2.53. The van der Waals surface area contributed by atoms with Crippen molar-refractivity contribution in [3.8, 4) is 22.8 Å². The quantitative estimate of drug-likeness (QED) is 0.712. The van der Waals surface area contributed by atoms with Gasteiger partial charge >= 0.3 is 0 Å². The van der Waals surface area contributed by atoms with Crippen LogP contribution in [0, 0.1) is 0 Å². The van der Waals surface area contributed by atoms with Gasteiger partial charge in [0.25, 0.3) is 0 Å². The van der Waals surface area contributed by atoms with Gasteiger partial charge in [0, 0.05) is 11.8 Å². The van der Waals surface area contributed by atoms with Gasteiger partial charge < -0.3 is 9.47 Å². The molecule has 2 heterocycles. The first-order chi connectivity index (χ1) is 7.83. The lowest BCUT2D eigenvalue weighted by Gasteiger charge is -2.02. The van der Waals surface area contributed by atoms with Crippen molar-refractivity contribution < 1.29 is 9.47 Å². The number of fused-ring (bicyclic) bond motifs is 1. The van der Waals surface area contributed by atoms with Gasteiger partial charge in [-0.2, -0.15) is 0 Å². The second-order valence-corrected chi connectivity index (χ2v) is 3.62. The fraction of sp³-hybridized carbons (Fsp3) is 0.0909. The molecule has 1 aromatic carbocycles. The van der Waals surface area contributed by atoms with Crippen molar-refractivity contribution in [3.63, 3.8) is 0 Å². The number of benzene rings is 1. The van der Waals surface area contributed by atoms with Crippen LogP contribution in [-0.2, 0) is 0 Å². The number of halogens is 1. The molecule has 0 spiro atoms. The summed E-state index contributed by atoms with van der Waals surface area (Å²) < 4.78 is 10.5. The summed E-state index contributed by atoms with van der Waals surface area (Å²) >= 11 is 5.73. The maximum atomic E-state index is 5.73. The summed E-state index contributed by atoms with van der Waals surface area (Å²) in [5, 5.41) is 0.232. The molecule has 0 amide bonds. The Morgan fingerprint density at radius 1 is 1.12 bits per heavy atom. The summed E-state index contributed by atoms with van der Waals surface area (Å²) in [6.07, 6.45) is 1.62. The third-order valence-corrected chi connectivity index (χ3v) is 2.48. The minimum Gasteiger partial charge on any atom is -0.454 e. The number of hydrogen-bond donors (Lipinski definition) is 0. The molecule has 5 heteroatoms. The first-order valence-electron chi connectivity index (χ1n) is 4.71. The predicted molar refractivity (Wildman–Crippen MR) is 58.6 cm³/mol. The molecule has 0 unspecified atom stereocenters. The van der Waals surface area contributed by atoms with Gasteiger partial charge in [0.15, 0.2) is 11.5 Å². The number of aromatic nitrogens is 2. The largest absolute Gasteiger partial charge is 0.454 e. The Morgan fingerprint density at radius 3 is 2.88 bits per heavy atom. The summed E-state index contributed by atoms with van der Waals surface area (Å²) in [4.78, 5) is 7.96. The standard InChI is InChI=1S/C11H7ClN2O2/c12-11-13-4-3-8(14-11)7-1-2-9-10(5-7)16-6-15-9/h1-5H,6H2. The topological polar surface area (TPSA) is 44.2 Å². The molecule has 1 aliphatic heterocycles. The van der Waals surface area contributed by atoms with Gasteiger partial charge in [-0.05, 0) is 35.9 Å². The van der Waals surface area contributed by atoms with Crippen molar-refractivity contribution in [2.75, 3.05) is 6.79 Å². The van der Waals surface area contributed by atoms with Crippen LogP contribution in [0.5, 0.6) is 11.5 Å². The third-order valence-electron chi connectivity index (χ3n) is 2.29. The number of hydrogen-bond acceptors (Lipinski definition) is 4. The van der Waals surface area contributed by atoms with E-state index in [-0.39, 0.29) is 12.1 Å². The van der Waals surface area contributed by atoms with E-state index >= 15 is 0 Å². The van der Waals surface area contributed by atoms with Gasteiger partial charge in [-0.25, -0.2) is 9.97 Å². The summed E-state index contributed by atoms with van der Waals surface area (Å²) in [6, 6.07) is 7.43. The molecule has 3 rings (SSSR count). The molecular weight excluding hydrogens is 228 g/mol. The highest BCUT2D eigenvalue weighted by molar-refractivity contribution is 6.28. The van der Waals surface area contributed by atoms with Gasteiger partial charge in [0.05, 0.1) is 5.69 Å². The average Bonchev–Trinajstić information content (AvgIpc) is 2.75. The fourth-order valence-electron chi connectivity index (χ4n) is 1.55. The highest BCUT2D eigenvalue weighted by atomic mass is 35.5. The zero-order valence-corrected chi connectivity index (χ0v) is 8.94. The van der Waals surface area contributed by atoms with E-state index in [1.807, 2.05) is 18.2 Å². The van der Waals surface area contributed by atoms with Crippen LogP contribution in [0.25, 0.3) is 11.3 Å². The maximum Gasteiger partial charge on any atom is 0.231 e. The molecule has 0 saturated heterocycles. The minimum absolute atomic E-state index is 0.232. The van der Waals surface area contributed by atoms with Crippen molar-refractivity contribution in [2.45, 2.75) is 0 Å². The normalized spacial score (nSPS) is 12.8. The molecule has 4 nitrogen and oxygen atoms in total. The van der Waals surface area contributed by atoms with Crippen molar-refractivity contribution in [1.82, 2.24) is 9.97 Å². The molecule has 0 bridgehead atoms. The fourth-order valence-corrected chi connectivity index (χ4v) is 1.70. The summed E-state index contributed by atoms with van der Waals surface area (Å²) in [5.74, 6) is 1.48. The highest BCUT2D eigenvalue weighted by Crippen LogP contribution is 2.35. The van der Waals surface area contributed by atoms with E-state index in [0.29, 0.717) is 0 Å². The zero-order valence-electron chi connectivity index (χ0n) is 8.18. The molecule has 1 aromatic heterocycles. The van der Waals surface area contributed by atoms with Gasteiger partial charge in [-0.3, -0.25) is 0 Å². The Balaban J connectivity index is 2.07. The molecule has 0 fully saturated rings. The zero-order chi connectivity index (χ0) is 11.0. The minimum atomic E-state index is 0.232. The Bertz CT molecular complexity index is 545. The van der Waals surface area contributed by atoms with Crippen molar-refractivity contribution >= 4 is 11.6 Å². The highest BCUT2D eigenvalue weighted by Gasteiger charge is 2.14. The number of ether oxygens (including phenoxy) is 2. The van der Waals surface area contributed by atoms with E-state index in [9.17, 15) is 0 Å². The maximum absolute atomic E-state index is 5.73. The smallest absolute Gasteiger partial charge is 0.231 e. The second kappa shape index (κ2) is 3.64. The average molecular weight is 235 g/mol. The van der Waals surface area contributed by atoms with E-state index in [1.54, 1.807) is 12.3 Å². The summed E-state index contributed by atoms with van der Waals surface area (Å²) in [7, 11) is 0. The van der Waals surface area contributed by atoms with E-state index in [1.165, 1.54) is 0 Å². The van der Waals surface area contributed by atoms with Crippen LogP contribution in [0.3, 0.4) is 0 Å². The Morgan fingerprint density at radius 2 is 2.00 bits per heavy atom. The molecule has 0 radical (unpaired) electrons. The van der Waals surface area contributed by atoms with Crippen LogP contribution >= 0.6 is 11.6 Å². The van der Waals surface area contributed by atoms with Crippen LogP contribution in [-0.4, -0.2) is 16.8 Å². The molecule has 80 valence electrons. The van der Waals surface area contributed by atoms with E-state index in [2.05, 4.69) is 9.97 Å². The number of nitrogens with zero attached hydrogens (tertiary/aromatic N) is 2. The van der Waals surface area contributed by atoms with Crippen molar-refractivity contribution in [3.05, 3.63) is 35.7 Å². The Kier molecular flexibility index (Phi) is 2.15. The van der Waals surface area contributed by atoms with Crippen LogP contribution < -0.4 is 9.47 Å². The monoisotopic (exact) mass is 234 g/mol. The second-order valence-electron chi connectivity index (χ2n) is 3.28.